The number of benzene rings is 1. The van der Waals surface area contributed by atoms with Gasteiger partial charge in [-0.3, -0.25) is 10.1 Å². The van der Waals surface area contributed by atoms with Crippen LogP contribution in [0.4, 0.5) is 5.00 Å². The molecule has 1 heterocycles. The molecule has 0 bridgehead atoms. The van der Waals surface area contributed by atoms with E-state index in [2.05, 4.69) is 10.6 Å². The van der Waals surface area contributed by atoms with Crippen LogP contribution in [0.5, 0.6) is 5.75 Å². The van der Waals surface area contributed by atoms with Gasteiger partial charge in [-0.2, -0.15) is 0 Å². The summed E-state index contributed by atoms with van der Waals surface area (Å²) in [5, 5.41) is 17.9. The Hall–Kier alpha value is -2.42. The van der Waals surface area contributed by atoms with Crippen molar-refractivity contribution in [2.45, 2.75) is 39.5 Å². The van der Waals surface area contributed by atoms with Crippen LogP contribution in [-0.4, -0.2) is 42.0 Å². The molecule has 0 aliphatic rings. The van der Waals surface area contributed by atoms with Crippen LogP contribution >= 0.6 is 11.3 Å². The van der Waals surface area contributed by atoms with Gasteiger partial charge >= 0.3 is 5.97 Å². The van der Waals surface area contributed by atoms with Crippen molar-refractivity contribution >= 4 is 28.2 Å². The monoisotopic (exact) mass is 406 g/mol. The molecule has 1 amide bonds. The number of aliphatic hydroxyl groups excluding tert-OH is 1. The Bertz CT molecular complexity index is 803. The minimum atomic E-state index is -0.848. The molecule has 1 aromatic heterocycles. The predicted molar refractivity (Wildman–Crippen MR) is 109 cm³/mol. The van der Waals surface area contributed by atoms with Crippen molar-refractivity contribution in [3.63, 3.8) is 0 Å². The minimum absolute atomic E-state index is 0.160. The number of hydrogen-bond acceptors (Lipinski definition) is 7. The molecule has 0 saturated carbocycles. The van der Waals surface area contributed by atoms with Crippen molar-refractivity contribution in [2.24, 2.45) is 0 Å². The number of aliphatic hydroxyl groups is 1. The Morgan fingerprint density at radius 1 is 1.29 bits per heavy atom. The van der Waals surface area contributed by atoms with E-state index in [-0.39, 0.29) is 23.8 Å². The van der Waals surface area contributed by atoms with Gasteiger partial charge in [-0.15, -0.1) is 11.3 Å². The molecular weight excluding hydrogens is 380 g/mol. The maximum Gasteiger partial charge on any atom is 0.341 e. The molecule has 28 heavy (non-hydrogen) atoms. The number of rotatable bonds is 9. The molecule has 0 aliphatic carbocycles. The van der Waals surface area contributed by atoms with Gasteiger partial charge in [0, 0.05) is 12.1 Å². The zero-order chi connectivity index (χ0) is 20.7. The summed E-state index contributed by atoms with van der Waals surface area (Å²) in [7, 11) is 0. The molecule has 3 N–H and O–H groups in total. The molecular formula is C20H26N2O5S. The highest BCUT2D eigenvalue weighted by molar-refractivity contribution is 7.14. The molecule has 0 spiro atoms. The van der Waals surface area contributed by atoms with Crippen LogP contribution in [0.1, 0.15) is 48.4 Å². The first-order valence-corrected chi connectivity index (χ1v) is 9.88. The summed E-state index contributed by atoms with van der Waals surface area (Å²) < 4.78 is 11.1. The fourth-order valence-corrected chi connectivity index (χ4v) is 2.98. The number of carbonyl (C=O) groups excluding carboxylic acids is 2. The lowest BCUT2D eigenvalue weighted by Crippen LogP contribution is -2.47. The maximum absolute atomic E-state index is 12.5. The Balaban J connectivity index is 2.26. The number of hydrogen-bond donors (Lipinski definition) is 3. The van der Waals surface area contributed by atoms with Crippen LogP contribution < -0.4 is 15.4 Å². The number of amides is 1. The number of thiophene rings is 1. The van der Waals surface area contributed by atoms with Crippen LogP contribution in [0.25, 0.3) is 0 Å². The van der Waals surface area contributed by atoms with Crippen molar-refractivity contribution in [3.05, 3.63) is 46.8 Å². The van der Waals surface area contributed by atoms with Gasteiger partial charge in [0.15, 0.2) is 5.72 Å². The zero-order valence-electron chi connectivity index (χ0n) is 16.4. The summed E-state index contributed by atoms with van der Waals surface area (Å²) in [4.78, 5) is 24.9. The van der Waals surface area contributed by atoms with Gasteiger partial charge in [-0.05, 0) is 63.4 Å². The number of nitrogens with one attached hydrogen (secondary N) is 2. The first kappa shape index (κ1) is 21.9. The standard InChI is InChI=1S/C20H26N2O5S/c1-5-26-19(25)15-11-14(18(24)22-17-7-6-10-28-17)8-9-16(15)27-20(3,4)21-12-13(2)23/h6-11,13,21,23H,5,12H2,1-4H3,(H,22,24). The van der Waals surface area contributed by atoms with Gasteiger partial charge in [0.1, 0.15) is 11.3 Å². The van der Waals surface area contributed by atoms with E-state index in [9.17, 15) is 14.7 Å². The number of ether oxygens (including phenoxy) is 2. The summed E-state index contributed by atoms with van der Waals surface area (Å²) in [6.45, 7) is 7.45. The average molecular weight is 407 g/mol. The second-order valence-electron chi connectivity index (χ2n) is 6.71. The lowest BCUT2D eigenvalue weighted by atomic mass is 10.1. The topological polar surface area (TPSA) is 96.9 Å². The lowest BCUT2D eigenvalue weighted by Gasteiger charge is -2.29. The summed E-state index contributed by atoms with van der Waals surface area (Å²) in [5.41, 5.74) is -0.370. The normalized spacial score (nSPS) is 12.3. The second-order valence-corrected chi connectivity index (χ2v) is 7.65. The van der Waals surface area contributed by atoms with Gasteiger partial charge in [-0.1, -0.05) is 0 Å². The quantitative estimate of drug-likeness (QED) is 0.437. The van der Waals surface area contributed by atoms with E-state index in [0.29, 0.717) is 17.1 Å². The van der Waals surface area contributed by atoms with Gasteiger partial charge < -0.3 is 19.9 Å². The van der Waals surface area contributed by atoms with E-state index >= 15 is 0 Å². The molecule has 0 fully saturated rings. The second kappa shape index (κ2) is 9.68. The SMILES string of the molecule is CCOC(=O)c1cc(C(=O)Nc2cccs2)ccc1OC(C)(C)NCC(C)O. The van der Waals surface area contributed by atoms with Crippen LogP contribution in [0.2, 0.25) is 0 Å². The third-order valence-electron chi connectivity index (χ3n) is 3.68. The average Bonchev–Trinajstić information content (AvgIpc) is 3.13. The summed E-state index contributed by atoms with van der Waals surface area (Å²) in [6.07, 6.45) is -0.546. The number of carbonyl (C=O) groups is 2. The molecule has 2 rings (SSSR count). The Kier molecular flexibility index (Phi) is 7.56. The number of anilines is 1. The van der Waals surface area contributed by atoms with Crippen LogP contribution in [-0.2, 0) is 4.74 Å². The van der Waals surface area contributed by atoms with Gasteiger partial charge in [-0.25, -0.2) is 4.79 Å². The first-order chi connectivity index (χ1) is 13.2. The van der Waals surface area contributed by atoms with Crippen molar-refractivity contribution in [3.8, 4) is 5.75 Å². The molecule has 1 unspecified atom stereocenters. The van der Waals surface area contributed by atoms with Crippen LogP contribution in [0.3, 0.4) is 0 Å². The first-order valence-electron chi connectivity index (χ1n) is 9.00. The van der Waals surface area contributed by atoms with E-state index in [0.717, 1.165) is 0 Å². The van der Waals surface area contributed by atoms with Gasteiger partial charge in [0.05, 0.1) is 17.7 Å². The van der Waals surface area contributed by atoms with Crippen LogP contribution in [0.15, 0.2) is 35.7 Å². The van der Waals surface area contributed by atoms with Crippen LogP contribution in [0, 0.1) is 0 Å². The van der Waals surface area contributed by atoms with Gasteiger partial charge in [0.2, 0.25) is 0 Å². The van der Waals surface area contributed by atoms with E-state index < -0.39 is 17.8 Å². The Morgan fingerprint density at radius 3 is 2.64 bits per heavy atom. The zero-order valence-corrected chi connectivity index (χ0v) is 17.3. The minimum Gasteiger partial charge on any atom is -0.472 e. The Morgan fingerprint density at radius 2 is 2.04 bits per heavy atom. The number of esters is 1. The summed E-state index contributed by atoms with van der Waals surface area (Å²) >= 11 is 1.41. The fourth-order valence-electron chi connectivity index (χ4n) is 2.37. The van der Waals surface area contributed by atoms with E-state index in [4.69, 9.17) is 9.47 Å². The van der Waals surface area contributed by atoms with Crippen molar-refractivity contribution < 1.29 is 24.2 Å². The van der Waals surface area contributed by atoms with Gasteiger partial charge in [0.25, 0.3) is 5.91 Å². The molecule has 7 nitrogen and oxygen atoms in total. The summed E-state index contributed by atoms with van der Waals surface area (Å²) in [5.74, 6) is -0.616. The lowest BCUT2D eigenvalue weighted by molar-refractivity contribution is 0.0444. The summed E-state index contributed by atoms with van der Waals surface area (Å²) in [6, 6.07) is 8.25. The highest BCUT2D eigenvalue weighted by Crippen LogP contribution is 2.26. The van der Waals surface area contributed by atoms with Crippen molar-refractivity contribution in [1.82, 2.24) is 5.32 Å². The molecule has 1 atom stereocenters. The molecule has 0 aliphatic heterocycles. The van der Waals surface area contributed by atoms with Crippen molar-refractivity contribution in [2.75, 3.05) is 18.5 Å². The smallest absolute Gasteiger partial charge is 0.341 e. The molecule has 0 radical (unpaired) electrons. The molecule has 152 valence electrons. The van der Waals surface area contributed by atoms with Crippen molar-refractivity contribution in [1.29, 1.82) is 0 Å². The van der Waals surface area contributed by atoms with E-state index in [1.165, 1.54) is 17.4 Å². The third-order valence-corrected chi connectivity index (χ3v) is 4.47. The predicted octanol–water partition coefficient (Wildman–Crippen LogP) is 3.26. The molecule has 8 heteroatoms. The largest absolute Gasteiger partial charge is 0.472 e. The highest BCUT2D eigenvalue weighted by Gasteiger charge is 2.24. The van der Waals surface area contributed by atoms with E-state index in [1.54, 1.807) is 45.9 Å². The molecule has 2 aromatic rings. The third kappa shape index (κ3) is 6.33. The highest BCUT2D eigenvalue weighted by atomic mass is 32.1. The Labute approximate surface area is 168 Å². The molecule has 1 aromatic carbocycles. The van der Waals surface area contributed by atoms with E-state index in [1.807, 2.05) is 11.4 Å². The fraction of sp³-hybridized carbons (Fsp3) is 0.400. The molecule has 0 saturated heterocycles. The maximum atomic E-state index is 12.5.